The van der Waals surface area contributed by atoms with Crippen molar-refractivity contribution in [2.45, 2.75) is 46.1 Å². The Hall–Kier alpha value is -0.120. The van der Waals surface area contributed by atoms with Crippen molar-refractivity contribution in [3.05, 3.63) is 0 Å². The molecular weight excluding hydrogens is 190 g/mol. The highest BCUT2D eigenvalue weighted by Crippen LogP contribution is 2.19. The molecule has 0 rings (SSSR count). The first-order valence-corrected chi connectivity index (χ1v) is 5.85. The van der Waals surface area contributed by atoms with Gasteiger partial charge in [0.1, 0.15) is 0 Å². The van der Waals surface area contributed by atoms with Crippen molar-refractivity contribution < 1.29 is 9.84 Å². The molecule has 1 unspecified atom stereocenters. The lowest BCUT2D eigenvalue weighted by molar-refractivity contribution is 0.148. The SMILES string of the molecule is COCCC(C)(C)CNC(C)CCCO. The van der Waals surface area contributed by atoms with Crippen LogP contribution in [0.2, 0.25) is 0 Å². The topological polar surface area (TPSA) is 41.5 Å². The fourth-order valence-corrected chi connectivity index (χ4v) is 1.42. The molecule has 0 aromatic rings. The van der Waals surface area contributed by atoms with E-state index in [0.29, 0.717) is 12.6 Å². The van der Waals surface area contributed by atoms with Gasteiger partial charge in [-0.15, -0.1) is 0 Å². The van der Waals surface area contributed by atoms with Crippen LogP contribution in [0.1, 0.15) is 40.0 Å². The third kappa shape index (κ3) is 8.85. The summed E-state index contributed by atoms with van der Waals surface area (Å²) in [5.74, 6) is 0. The molecule has 2 N–H and O–H groups in total. The van der Waals surface area contributed by atoms with E-state index in [2.05, 4.69) is 26.1 Å². The first kappa shape index (κ1) is 14.9. The van der Waals surface area contributed by atoms with Crippen LogP contribution in [0.5, 0.6) is 0 Å². The van der Waals surface area contributed by atoms with Gasteiger partial charge in [-0.25, -0.2) is 0 Å². The highest BCUT2D eigenvalue weighted by molar-refractivity contribution is 4.73. The van der Waals surface area contributed by atoms with E-state index in [-0.39, 0.29) is 5.41 Å². The fraction of sp³-hybridized carbons (Fsp3) is 1.00. The number of methoxy groups -OCH3 is 1. The van der Waals surface area contributed by atoms with Gasteiger partial charge in [0.2, 0.25) is 0 Å². The molecule has 0 heterocycles. The molecule has 0 spiro atoms. The minimum absolute atomic E-state index is 0.281. The number of ether oxygens (including phenoxy) is 1. The molecule has 0 radical (unpaired) electrons. The molecule has 0 aromatic heterocycles. The number of hydrogen-bond donors (Lipinski definition) is 2. The van der Waals surface area contributed by atoms with Gasteiger partial charge in [-0.3, -0.25) is 0 Å². The Balaban J connectivity index is 3.62. The molecule has 0 saturated carbocycles. The maximum atomic E-state index is 8.72. The molecule has 0 amide bonds. The molecule has 1 atom stereocenters. The lowest BCUT2D eigenvalue weighted by atomic mass is 9.89. The van der Waals surface area contributed by atoms with Crippen molar-refractivity contribution in [3.8, 4) is 0 Å². The highest BCUT2D eigenvalue weighted by Gasteiger charge is 2.17. The summed E-state index contributed by atoms with van der Waals surface area (Å²) in [5, 5.41) is 12.2. The molecule has 0 saturated heterocycles. The third-order valence-electron chi connectivity index (χ3n) is 2.71. The second-order valence-electron chi connectivity index (χ2n) is 5.05. The lowest BCUT2D eigenvalue weighted by Gasteiger charge is -2.27. The number of nitrogens with one attached hydrogen (secondary N) is 1. The molecule has 0 aliphatic carbocycles. The molecule has 3 heteroatoms. The number of aliphatic hydroxyl groups excluding tert-OH is 1. The van der Waals surface area contributed by atoms with Crippen molar-refractivity contribution in [2.24, 2.45) is 5.41 Å². The van der Waals surface area contributed by atoms with E-state index in [1.807, 2.05) is 0 Å². The standard InChI is InChI=1S/C12H27NO2/c1-11(6-5-8-14)13-10-12(2,3)7-9-15-4/h11,13-14H,5-10H2,1-4H3. The summed E-state index contributed by atoms with van der Waals surface area (Å²) in [7, 11) is 1.74. The van der Waals surface area contributed by atoms with Crippen molar-refractivity contribution in [1.29, 1.82) is 0 Å². The number of aliphatic hydroxyl groups is 1. The van der Waals surface area contributed by atoms with E-state index in [0.717, 1.165) is 32.4 Å². The Bertz CT molecular complexity index is 149. The Morgan fingerprint density at radius 3 is 2.60 bits per heavy atom. The Kier molecular flexibility index (Phi) is 8.02. The molecule has 0 aromatic carbocycles. The van der Waals surface area contributed by atoms with Crippen LogP contribution in [0.4, 0.5) is 0 Å². The van der Waals surface area contributed by atoms with Crippen molar-refractivity contribution in [1.82, 2.24) is 5.32 Å². The number of rotatable bonds is 9. The van der Waals surface area contributed by atoms with E-state index < -0.39 is 0 Å². The normalized spacial score (nSPS) is 14.2. The van der Waals surface area contributed by atoms with Crippen molar-refractivity contribution in [3.63, 3.8) is 0 Å². The van der Waals surface area contributed by atoms with Crippen LogP contribution in [0.25, 0.3) is 0 Å². The van der Waals surface area contributed by atoms with Gasteiger partial charge in [-0.05, 0) is 31.6 Å². The summed E-state index contributed by atoms with van der Waals surface area (Å²) in [5.41, 5.74) is 0.281. The summed E-state index contributed by atoms with van der Waals surface area (Å²) in [6.45, 7) is 8.78. The van der Waals surface area contributed by atoms with Crippen LogP contribution in [-0.4, -0.2) is 38.0 Å². The molecule has 92 valence electrons. The van der Waals surface area contributed by atoms with Gasteiger partial charge in [0.15, 0.2) is 0 Å². The van der Waals surface area contributed by atoms with E-state index in [4.69, 9.17) is 9.84 Å². The monoisotopic (exact) mass is 217 g/mol. The average Bonchev–Trinajstić information content (AvgIpc) is 2.21. The highest BCUT2D eigenvalue weighted by atomic mass is 16.5. The summed E-state index contributed by atoms with van der Waals surface area (Å²) in [6, 6.07) is 0.485. The lowest BCUT2D eigenvalue weighted by Crippen LogP contribution is -2.36. The minimum atomic E-state index is 0.281. The molecular formula is C12H27NO2. The van der Waals surface area contributed by atoms with Gasteiger partial charge in [0.05, 0.1) is 0 Å². The van der Waals surface area contributed by atoms with Gasteiger partial charge < -0.3 is 15.2 Å². The largest absolute Gasteiger partial charge is 0.396 e. The number of hydrogen-bond acceptors (Lipinski definition) is 3. The van der Waals surface area contributed by atoms with Crippen molar-refractivity contribution >= 4 is 0 Å². The quantitative estimate of drug-likeness (QED) is 0.619. The summed E-state index contributed by atoms with van der Waals surface area (Å²) >= 11 is 0. The predicted octanol–water partition coefficient (Wildman–Crippen LogP) is 1.80. The van der Waals surface area contributed by atoms with Crippen LogP contribution in [0.3, 0.4) is 0 Å². The minimum Gasteiger partial charge on any atom is -0.396 e. The maximum Gasteiger partial charge on any atom is 0.0467 e. The molecule has 0 aliphatic heterocycles. The zero-order chi connectivity index (χ0) is 11.7. The van der Waals surface area contributed by atoms with Gasteiger partial charge in [0, 0.05) is 32.9 Å². The van der Waals surface area contributed by atoms with Crippen LogP contribution < -0.4 is 5.32 Å². The summed E-state index contributed by atoms with van der Waals surface area (Å²) in [6.07, 6.45) is 2.99. The van der Waals surface area contributed by atoms with Crippen LogP contribution in [0.15, 0.2) is 0 Å². The molecule has 15 heavy (non-hydrogen) atoms. The van der Waals surface area contributed by atoms with Crippen LogP contribution >= 0.6 is 0 Å². The van der Waals surface area contributed by atoms with Gasteiger partial charge in [0.25, 0.3) is 0 Å². The van der Waals surface area contributed by atoms with Crippen molar-refractivity contribution in [2.75, 3.05) is 26.9 Å². The first-order valence-electron chi connectivity index (χ1n) is 5.85. The predicted molar refractivity (Wildman–Crippen MR) is 64.1 cm³/mol. The van der Waals surface area contributed by atoms with Gasteiger partial charge >= 0.3 is 0 Å². The van der Waals surface area contributed by atoms with E-state index >= 15 is 0 Å². The third-order valence-corrected chi connectivity index (χ3v) is 2.71. The fourth-order valence-electron chi connectivity index (χ4n) is 1.42. The molecule has 0 aliphatic rings. The van der Waals surface area contributed by atoms with Gasteiger partial charge in [-0.2, -0.15) is 0 Å². The maximum absolute atomic E-state index is 8.72. The molecule has 3 nitrogen and oxygen atoms in total. The Morgan fingerprint density at radius 2 is 2.07 bits per heavy atom. The average molecular weight is 217 g/mol. The smallest absolute Gasteiger partial charge is 0.0467 e. The van der Waals surface area contributed by atoms with E-state index in [1.54, 1.807) is 7.11 Å². The van der Waals surface area contributed by atoms with E-state index in [1.165, 1.54) is 0 Å². The van der Waals surface area contributed by atoms with Crippen LogP contribution in [0, 0.1) is 5.41 Å². The van der Waals surface area contributed by atoms with Gasteiger partial charge in [-0.1, -0.05) is 13.8 Å². The molecule has 0 fully saturated rings. The molecule has 0 bridgehead atoms. The second kappa shape index (κ2) is 8.08. The van der Waals surface area contributed by atoms with Crippen LogP contribution in [-0.2, 0) is 4.74 Å². The summed E-state index contributed by atoms with van der Waals surface area (Å²) in [4.78, 5) is 0. The first-order chi connectivity index (χ1) is 7.02. The Labute approximate surface area is 94.2 Å². The van der Waals surface area contributed by atoms with E-state index in [9.17, 15) is 0 Å². The Morgan fingerprint density at radius 1 is 1.40 bits per heavy atom. The zero-order valence-electron chi connectivity index (χ0n) is 10.7. The summed E-state index contributed by atoms with van der Waals surface area (Å²) < 4.78 is 5.09. The second-order valence-corrected chi connectivity index (χ2v) is 5.05. The zero-order valence-corrected chi connectivity index (χ0v) is 10.7.